The summed E-state index contributed by atoms with van der Waals surface area (Å²) in [6.45, 7) is 6.32. The minimum absolute atomic E-state index is 0.139. The van der Waals surface area contributed by atoms with Gasteiger partial charge >= 0.3 is 0 Å². The Kier molecular flexibility index (Phi) is 6.80. The molecule has 6 heteroatoms. The number of carbonyl (C=O) groups excluding carboxylic acids is 1. The van der Waals surface area contributed by atoms with Gasteiger partial charge in [0.1, 0.15) is 0 Å². The minimum atomic E-state index is -0.861. The molecule has 1 aliphatic heterocycles. The fraction of sp³-hybridized carbons (Fsp3) is 0.647. The van der Waals surface area contributed by atoms with E-state index in [0.29, 0.717) is 45.3 Å². The highest BCUT2D eigenvalue weighted by atomic mass is 16.6. The molecule has 128 valence electrons. The van der Waals surface area contributed by atoms with E-state index < -0.39 is 5.60 Å². The molecule has 2 heterocycles. The summed E-state index contributed by atoms with van der Waals surface area (Å²) < 4.78 is 16.7. The summed E-state index contributed by atoms with van der Waals surface area (Å²) in [6, 6.07) is 3.75. The van der Waals surface area contributed by atoms with Gasteiger partial charge in [-0.25, -0.2) is 4.98 Å². The Balaban J connectivity index is 1.95. The predicted octanol–water partition coefficient (Wildman–Crippen LogP) is 2.07. The van der Waals surface area contributed by atoms with Crippen molar-refractivity contribution in [3.8, 4) is 5.88 Å². The lowest BCUT2D eigenvalue weighted by atomic mass is 10.0. The molecule has 1 N–H and O–H groups in total. The van der Waals surface area contributed by atoms with Gasteiger partial charge in [0.25, 0.3) is 5.91 Å². The second-order valence-electron chi connectivity index (χ2n) is 5.58. The normalized spacial score (nSPS) is 20.4. The molecule has 0 radical (unpaired) electrons. The number of nitrogens with one attached hydrogen (secondary N) is 1. The number of carbonyl (C=O) groups is 1. The minimum Gasteiger partial charge on any atom is -0.477 e. The molecule has 2 rings (SSSR count). The summed E-state index contributed by atoms with van der Waals surface area (Å²) in [5, 5.41) is 2.93. The van der Waals surface area contributed by atoms with E-state index in [1.54, 1.807) is 6.20 Å². The molecule has 1 saturated heterocycles. The van der Waals surface area contributed by atoms with Crippen molar-refractivity contribution in [2.75, 3.05) is 26.4 Å². The number of rotatable bonds is 9. The smallest absolute Gasteiger partial charge is 0.255 e. The van der Waals surface area contributed by atoms with Crippen molar-refractivity contribution in [3.05, 3.63) is 23.9 Å². The first-order valence-corrected chi connectivity index (χ1v) is 8.28. The van der Waals surface area contributed by atoms with Crippen molar-refractivity contribution in [1.29, 1.82) is 0 Å². The highest BCUT2D eigenvalue weighted by Gasteiger charge is 2.43. The molecule has 1 aliphatic rings. The Bertz CT molecular complexity index is 501. The van der Waals surface area contributed by atoms with Crippen molar-refractivity contribution in [2.24, 2.45) is 0 Å². The van der Waals surface area contributed by atoms with E-state index in [2.05, 4.69) is 17.2 Å². The van der Waals surface area contributed by atoms with E-state index in [0.717, 1.165) is 18.4 Å². The molecule has 1 aromatic heterocycles. The summed E-state index contributed by atoms with van der Waals surface area (Å²) in [6.07, 6.45) is 4.32. The zero-order chi connectivity index (χ0) is 16.5. The molecule has 0 unspecified atom stereocenters. The van der Waals surface area contributed by atoms with Crippen LogP contribution < -0.4 is 10.1 Å². The van der Waals surface area contributed by atoms with Crippen molar-refractivity contribution in [3.63, 3.8) is 0 Å². The van der Waals surface area contributed by atoms with E-state index in [9.17, 15) is 4.79 Å². The first-order valence-electron chi connectivity index (χ1n) is 8.28. The van der Waals surface area contributed by atoms with Crippen LogP contribution in [0.3, 0.4) is 0 Å². The highest BCUT2D eigenvalue weighted by Crippen LogP contribution is 2.24. The molecule has 6 nitrogen and oxygen atoms in total. The van der Waals surface area contributed by atoms with Crippen molar-refractivity contribution in [1.82, 2.24) is 10.3 Å². The Morgan fingerprint density at radius 1 is 1.48 bits per heavy atom. The lowest BCUT2D eigenvalue weighted by Crippen LogP contribution is -2.49. The Morgan fingerprint density at radius 3 is 3.04 bits per heavy atom. The van der Waals surface area contributed by atoms with Gasteiger partial charge in [-0.05, 0) is 19.4 Å². The fourth-order valence-electron chi connectivity index (χ4n) is 2.52. The maximum absolute atomic E-state index is 12.5. The topological polar surface area (TPSA) is 69.7 Å². The number of ether oxygens (including phenoxy) is 3. The number of nitrogens with zero attached hydrogens (tertiary/aromatic N) is 1. The van der Waals surface area contributed by atoms with E-state index >= 15 is 0 Å². The van der Waals surface area contributed by atoms with Gasteiger partial charge in [0.2, 0.25) is 5.88 Å². The average Bonchev–Trinajstić information content (AvgIpc) is 3.04. The standard InChI is InChI=1S/C17H26N2O4/c1-3-5-10-22-15-14(7-6-9-18-15)12-19-16(20)17(23-4-2)8-11-21-13-17/h6-7,9H,3-5,8,10-13H2,1-2H3,(H,19,20)/t17-/m0/s1. The summed E-state index contributed by atoms with van der Waals surface area (Å²) in [5.74, 6) is 0.439. The van der Waals surface area contributed by atoms with E-state index in [4.69, 9.17) is 14.2 Å². The quantitative estimate of drug-likeness (QED) is 0.705. The van der Waals surface area contributed by atoms with Crippen LogP contribution in [-0.4, -0.2) is 42.9 Å². The maximum atomic E-state index is 12.5. The SMILES string of the molecule is CCCCOc1ncccc1CNC(=O)[C@]1(OCC)CCOC1. The van der Waals surface area contributed by atoms with Crippen molar-refractivity contribution >= 4 is 5.91 Å². The lowest BCUT2D eigenvalue weighted by Gasteiger charge is -2.26. The number of aromatic nitrogens is 1. The lowest BCUT2D eigenvalue weighted by molar-refractivity contribution is -0.146. The molecule has 23 heavy (non-hydrogen) atoms. The molecule has 0 saturated carbocycles. The maximum Gasteiger partial charge on any atom is 0.255 e. The van der Waals surface area contributed by atoms with Crippen LogP contribution in [0.4, 0.5) is 0 Å². The average molecular weight is 322 g/mol. The number of pyridine rings is 1. The molecule has 0 bridgehead atoms. The molecular formula is C17H26N2O4. The first kappa shape index (κ1) is 17.7. The second kappa shape index (κ2) is 8.84. The third kappa shape index (κ3) is 4.65. The molecule has 1 atom stereocenters. The molecule has 0 aromatic carbocycles. The van der Waals surface area contributed by atoms with Crippen molar-refractivity contribution < 1.29 is 19.0 Å². The van der Waals surface area contributed by atoms with Gasteiger partial charge in [0.05, 0.1) is 19.8 Å². The van der Waals surface area contributed by atoms with Gasteiger partial charge in [-0.1, -0.05) is 19.4 Å². The molecule has 0 spiro atoms. The fourth-order valence-corrected chi connectivity index (χ4v) is 2.52. The predicted molar refractivity (Wildman–Crippen MR) is 86.3 cm³/mol. The Morgan fingerprint density at radius 2 is 2.35 bits per heavy atom. The highest BCUT2D eigenvalue weighted by molar-refractivity contribution is 5.85. The van der Waals surface area contributed by atoms with Gasteiger partial charge < -0.3 is 19.5 Å². The number of hydrogen-bond donors (Lipinski definition) is 1. The molecule has 1 fully saturated rings. The number of amides is 1. The Hall–Kier alpha value is -1.66. The largest absolute Gasteiger partial charge is 0.477 e. The summed E-state index contributed by atoms with van der Waals surface area (Å²) in [7, 11) is 0. The number of hydrogen-bond acceptors (Lipinski definition) is 5. The van der Waals surface area contributed by atoms with Crippen LogP contribution >= 0.6 is 0 Å². The Labute approximate surface area is 137 Å². The van der Waals surface area contributed by atoms with Gasteiger partial charge in [-0.3, -0.25) is 4.79 Å². The first-order chi connectivity index (χ1) is 11.2. The zero-order valence-electron chi connectivity index (χ0n) is 14.0. The van der Waals surface area contributed by atoms with E-state index in [1.807, 2.05) is 19.1 Å². The van der Waals surface area contributed by atoms with Gasteiger partial charge in [0.15, 0.2) is 5.60 Å². The van der Waals surface area contributed by atoms with Crippen LogP contribution in [0.2, 0.25) is 0 Å². The second-order valence-corrected chi connectivity index (χ2v) is 5.58. The van der Waals surface area contributed by atoms with Crippen LogP contribution in [0, 0.1) is 0 Å². The molecule has 1 aromatic rings. The van der Waals surface area contributed by atoms with Gasteiger partial charge in [-0.15, -0.1) is 0 Å². The third-order valence-electron chi connectivity index (χ3n) is 3.85. The molecule has 1 amide bonds. The van der Waals surface area contributed by atoms with Crippen LogP contribution in [-0.2, 0) is 20.8 Å². The zero-order valence-corrected chi connectivity index (χ0v) is 14.0. The van der Waals surface area contributed by atoms with Crippen LogP contribution in [0.25, 0.3) is 0 Å². The molecular weight excluding hydrogens is 296 g/mol. The van der Waals surface area contributed by atoms with Crippen LogP contribution in [0.1, 0.15) is 38.7 Å². The monoisotopic (exact) mass is 322 g/mol. The molecule has 0 aliphatic carbocycles. The summed E-state index contributed by atoms with van der Waals surface area (Å²) in [5.41, 5.74) is 0.00252. The van der Waals surface area contributed by atoms with E-state index in [-0.39, 0.29) is 5.91 Å². The van der Waals surface area contributed by atoms with Gasteiger partial charge in [0, 0.05) is 31.3 Å². The van der Waals surface area contributed by atoms with E-state index in [1.165, 1.54) is 0 Å². The van der Waals surface area contributed by atoms with Crippen LogP contribution in [0.15, 0.2) is 18.3 Å². The summed E-state index contributed by atoms with van der Waals surface area (Å²) in [4.78, 5) is 16.8. The van der Waals surface area contributed by atoms with Gasteiger partial charge in [-0.2, -0.15) is 0 Å². The summed E-state index contributed by atoms with van der Waals surface area (Å²) >= 11 is 0. The van der Waals surface area contributed by atoms with Crippen LogP contribution in [0.5, 0.6) is 5.88 Å². The van der Waals surface area contributed by atoms with Crippen molar-refractivity contribution in [2.45, 2.75) is 45.3 Å². The third-order valence-corrected chi connectivity index (χ3v) is 3.85. The number of unbranched alkanes of at least 4 members (excludes halogenated alkanes) is 1.